The summed E-state index contributed by atoms with van der Waals surface area (Å²) in [6, 6.07) is 1.43. The van der Waals surface area contributed by atoms with Gasteiger partial charge in [-0.1, -0.05) is 11.3 Å². The van der Waals surface area contributed by atoms with E-state index in [-0.39, 0.29) is 5.69 Å². The van der Waals surface area contributed by atoms with Gasteiger partial charge in [0, 0.05) is 0 Å². The van der Waals surface area contributed by atoms with E-state index in [9.17, 15) is 10.1 Å². The summed E-state index contributed by atoms with van der Waals surface area (Å²) in [6.07, 6.45) is 0. The molecule has 0 fully saturated rings. The van der Waals surface area contributed by atoms with Crippen molar-refractivity contribution in [3.63, 3.8) is 0 Å². The highest BCUT2D eigenvalue weighted by atomic mass is 32.1. The van der Waals surface area contributed by atoms with Gasteiger partial charge >= 0.3 is 0 Å². The lowest BCUT2D eigenvalue weighted by atomic mass is 10.4. The Labute approximate surface area is 67.6 Å². The molecule has 0 aromatic carbocycles. The van der Waals surface area contributed by atoms with Crippen LogP contribution < -0.4 is 4.74 Å². The monoisotopic (exact) mass is 173 g/mol. The molecule has 0 amide bonds. The zero-order chi connectivity index (χ0) is 8.43. The molecule has 0 N–H and O–H groups in total. The molecule has 0 radical (unpaired) electrons. The molecule has 0 bridgehead atoms. The Morgan fingerprint density at radius 3 is 2.64 bits per heavy atom. The zero-order valence-electron chi connectivity index (χ0n) is 6.16. The van der Waals surface area contributed by atoms with Crippen molar-refractivity contribution in [2.75, 3.05) is 7.11 Å². The predicted molar refractivity (Wildman–Crippen MR) is 42.3 cm³/mol. The number of hydrogen-bond acceptors (Lipinski definition) is 4. The minimum absolute atomic E-state index is 0.131. The molecule has 0 aliphatic heterocycles. The van der Waals surface area contributed by atoms with E-state index in [1.807, 2.05) is 0 Å². The maximum absolute atomic E-state index is 10.3. The van der Waals surface area contributed by atoms with Gasteiger partial charge in [-0.25, -0.2) is 0 Å². The molecule has 0 unspecified atom stereocenters. The fourth-order valence-electron chi connectivity index (χ4n) is 0.728. The van der Waals surface area contributed by atoms with E-state index in [0.717, 1.165) is 0 Å². The number of ether oxygens (including phenoxy) is 1. The summed E-state index contributed by atoms with van der Waals surface area (Å²) in [5.41, 5.74) is 0.131. The molecule has 0 atom stereocenters. The van der Waals surface area contributed by atoms with E-state index in [4.69, 9.17) is 4.74 Å². The van der Waals surface area contributed by atoms with Crippen molar-refractivity contribution >= 4 is 17.0 Å². The van der Waals surface area contributed by atoms with Crippen LogP contribution in [0.2, 0.25) is 0 Å². The molecule has 1 aromatic heterocycles. The van der Waals surface area contributed by atoms with E-state index in [2.05, 4.69) is 0 Å². The average molecular weight is 173 g/mol. The third kappa shape index (κ3) is 1.48. The molecular formula is C6H7NO3S. The van der Waals surface area contributed by atoms with E-state index in [1.54, 1.807) is 6.92 Å². The molecule has 11 heavy (non-hydrogen) atoms. The van der Waals surface area contributed by atoms with Crippen LogP contribution in [0.4, 0.5) is 5.69 Å². The number of nitro groups is 1. The number of thiophene rings is 1. The normalized spacial score (nSPS) is 9.64. The van der Waals surface area contributed by atoms with E-state index in [0.29, 0.717) is 9.94 Å². The van der Waals surface area contributed by atoms with E-state index >= 15 is 0 Å². The van der Waals surface area contributed by atoms with Crippen molar-refractivity contribution in [1.82, 2.24) is 0 Å². The summed E-state index contributed by atoms with van der Waals surface area (Å²) < 4.78 is 4.84. The number of rotatable bonds is 2. The second kappa shape index (κ2) is 2.87. The zero-order valence-corrected chi connectivity index (χ0v) is 6.97. The molecule has 1 aromatic rings. The van der Waals surface area contributed by atoms with Gasteiger partial charge in [-0.15, -0.1) is 0 Å². The van der Waals surface area contributed by atoms with Crippen LogP contribution in [-0.4, -0.2) is 12.0 Å². The SMILES string of the molecule is COc1cc([N+](=O)[O-])c(C)s1. The highest BCUT2D eigenvalue weighted by Gasteiger charge is 2.14. The second-order valence-corrected chi connectivity index (χ2v) is 3.19. The first kappa shape index (κ1) is 8.00. The lowest BCUT2D eigenvalue weighted by Crippen LogP contribution is -1.85. The Bertz CT molecular complexity index is 281. The molecular weight excluding hydrogens is 166 g/mol. The van der Waals surface area contributed by atoms with E-state index < -0.39 is 4.92 Å². The fourth-order valence-corrected chi connectivity index (χ4v) is 1.52. The van der Waals surface area contributed by atoms with Gasteiger partial charge in [0.25, 0.3) is 5.69 Å². The van der Waals surface area contributed by atoms with Crippen LogP contribution in [0.1, 0.15) is 4.88 Å². The summed E-state index contributed by atoms with van der Waals surface area (Å²) in [7, 11) is 1.50. The number of aryl methyl sites for hydroxylation is 1. The van der Waals surface area contributed by atoms with Crippen LogP contribution >= 0.6 is 11.3 Å². The minimum atomic E-state index is -0.408. The molecule has 1 heterocycles. The van der Waals surface area contributed by atoms with Crippen LogP contribution in [0, 0.1) is 17.0 Å². The van der Waals surface area contributed by atoms with Gasteiger partial charge in [0.2, 0.25) is 0 Å². The molecule has 0 saturated heterocycles. The smallest absolute Gasteiger partial charge is 0.286 e. The molecule has 5 heteroatoms. The predicted octanol–water partition coefficient (Wildman–Crippen LogP) is 1.97. The van der Waals surface area contributed by atoms with Gasteiger partial charge in [0.05, 0.1) is 23.0 Å². The molecule has 0 saturated carbocycles. The first-order valence-electron chi connectivity index (χ1n) is 2.94. The third-order valence-electron chi connectivity index (χ3n) is 1.27. The maximum atomic E-state index is 10.3. The molecule has 60 valence electrons. The Kier molecular flexibility index (Phi) is 2.09. The van der Waals surface area contributed by atoms with Gasteiger partial charge in [-0.3, -0.25) is 10.1 Å². The van der Waals surface area contributed by atoms with Crippen LogP contribution in [0.5, 0.6) is 5.06 Å². The summed E-state index contributed by atoms with van der Waals surface area (Å²) in [5, 5.41) is 10.9. The Hall–Kier alpha value is -1.10. The van der Waals surface area contributed by atoms with Crippen molar-refractivity contribution in [2.24, 2.45) is 0 Å². The van der Waals surface area contributed by atoms with Gasteiger partial charge in [-0.2, -0.15) is 0 Å². The highest BCUT2D eigenvalue weighted by molar-refractivity contribution is 7.14. The minimum Gasteiger partial charge on any atom is -0.487 e. The lowest BCUT2D eigenvalue weighted by Gasteiger charge is -1.86. The van der Waals surface area contributed by atoms with Crippen molar-refractivity contribution in [3.05, 3.63) is 21.1 Å². The molecule has 1 rings (SSSR count). The standard InChI is InChI=1S/C6H7NO3S/c1-4-5(7(8)9)3-6(10-2)11-4/h3H,1-2H3. The lowest BCUT2D eigenvalue weighted by molar-refractivity contribution is -0.385. The Balaban J connectivity index is 3.07. The van der Waals surface area contributed by atoms with Crippen LogP contribution in [-0.2, 0) is 0 Å². The maximum Gasteiger partial charge on any atom is 0.286 e. The van der Waals surface area contributed by atoms with Crippen molar-refractivity contribution < 1.29 is 9.66 Å². The molecule has 4 nitrogen and oxygen atoms in total. The van der Waals surface area contributed by atoms with Crippen LogP contribution in [0.15, 0.2) is 6.07 Å². The van der Waals surface area contributed by atoms with Crippen molar-refractivity contribution in [3.8, 4) is 5.06 Å². The van der Waals surface area contributed by atoms with Crippen molar-refractivity contribution in [2.45, 2.75) is 6.92 Å². The first-order valence-corrected chi connectivity index (χ1v) is 3.75. The first-order chi connectivity index (χ1) is 5.15. The number of methoxy groups -OCH3 is 1. The molecule has 0 aliphatic carbocycles. The van der Waals surface area contributed by atoms with Gasteiger partial charge in [0.1, 0.15) is 0 Å². The van der Waals surface area contributed by atoms with Crippen LogP contribution in [0.25, 0.3) is 0 Å². The Morgan fingerprint density at radius 2 is 2.36 bits per heavy atom. The highest BCUT2D eigenvalue weighted by Crippen LogP contribution is 2.33. The molecule has 0 aliphatic rings. The average Bonchev–Trinajstić information content (AvgIpc) is 2.30. The summed E-state index contributed by atoms with van der Waals surface area (Å²) >= 11 is 1.28. The third-order valence-corrected chi connectivity index (χ3v) is 2.27. The van der Waals surface area contributed by atoms with Crippen molar-refractivity contribution in [1.29, 1.82) is 0 Å². The fraction of sp³-hybridized carbons (Fsp3) is 0.333. The Morgan fingerprint density at radius 1 is 1.73 bits per heavy atom. The summed E-state index contributed by atoms with van der Waals surface area (Å²) in [6.45, 7) is 1.70. The van der Waals surface area contributed by atoms with Gasteiger partial charge in [0.15, 0.2) is 5.06 Å². The second-order valence-electron chi connectivity index (χ2n) is 1.97. The van der Waals surface area contributed by atoms with Gasteiger partial charge in [-0.05, 0) is 6.92 Å². The van der Waals surface area contributed by atoms with Crippen LogP contribution in [0.3, 0.4) is 0 Å². The number of nitrogens with zero attached hydrogens (tertiary/aromatic N) is 1. The summed E-state index contributed by atoms with van der Waals surface area (Å²) in [5.74, 6) is 0. The van der Waals surface area contributed by atoms with E-state index in [1.165, 1.54) is 24.5 Å². The largest absolute Gasteiger partial charge is 0.487 e. The number of hydrogen-bond donors (Lipinski definition) is 0. The molecule has 0 spiro atoms. The quantitative estimate of drug-likeness (QED) is 0.507. The topological polar surface area (TPSA) is 52.4 Å². The summed E-state index contributed by atoms with van der Waals surface area (Å²) in [4.78, 5) is 10.6. The van der Waals surface area contributed by atoms with Gasteiger partial charge < -0.3 is 4.74 Å².